The predicted molar refractivity (Wildman–Crippen MR) is 73.3 cm³/mol. The summed E-state index contributed by atoms with van der Waals surface area (Å²) in [7, 11) is -3.33. The van der Waals surface area contributed by atoms with Gasteiger partial charge in [-0.05, 0) is 11.1 Å². The zero-order valence-corrected chi connectivity index (χ0v) is 10.9. The number of nitrogens with one attached hydrogen (secondary N) is 1. The van der Waals surface area contributed by atoms with Gasteiger partial charge in [0.25, 0.3) is 7.52 Å². The first kappa shape index (κ1) is 13.0. The van der Waals surface area contributed by atoms with Crippen molar-refractivity contribution in [3.05, 3.63) is 71.8 Å². The largest absolute Gasteiger partial charge is 0.333 e. The van der Waals surface area contributed by atoms with E-state index in [2.05, 4.69) is 5.09 Å². The van der Waals surface area contributed by atoms with Crippen LogP contribution < -0.4 is 5.09 Å². The lowest BCUT2D eigenvalue weighted by atomic mass is 10.2. The van der Waals surface area contributed by atoms with Crippen LogP contribution in [0.15, 0.2) is 60.7 Å². The lowest BCUT2D eigenvalue weighted by molar-refractivity contribution is 0.461. The molecule has 0 bridgehead atoms. The Labute approximate surface area is 107 Å². The normalized spacial score (nSPS) is 14.1. The fraction of sp³-hybridized carbons (Fsp3) is 0.143. The lowest BCUT2D eigenvalue weighted by Crippen LogP contribution is -2.11. The molecule has 0 saturated heterocycles. The summed E-state index contributed by atoms with van der Waals surface area (Å²) in [6.07, 6.45) is 0.153. The minimum absolute atomic E-state index is 0.153. The molecule has 18 heavy (non-hydrogen) atoms. The Morgan fingerprint density at radius 1 is 0.889 bits per heavy atom. The molecule has 0 heterocycles. The molecule has 0 aliphatic heterocycles. The highest BCUT2D eigenvalue weighted by molar-refractivity contribution is 7.55. The summed E-state index contributed by atoms with van der Waals surface area (Å²) >= 11 is 0. The molecule has 0 aromatic heterocycles. The van der Waals surface area contributed by atoms with E-state index in [-0.39, 0.29) is 6.16 Å². The van der Waals surface area contributed by atoms with Gasteiger partial charge in [0.2, 0.25) is 0 Å². The first-order valence-corrected chi connectivity index (χ1v) is 7.65. The first-order chi connectivity index (χ1) is 8.66. The van der Waals surface area contributed by atoms with Crippen LogP contribution in [0.2, 0.25) is 0 Å². The van der Waals surface area contributed by atoms with Crippen molar-refractivity contribution in [3.63, 3.8) is 0 Å². The van der Waals surface area contributed by atoms with Gasteiger partial charge in [0.05, 0.1) is 6.16 Å². The molecule has 0 fully saturated rings. The van der Waals surface area contributed by atoms with Gasteiger partial charge in [0.15, 0.2) is 0 Å². The van der Waals surface area contributed by atoms with Crippen molar-refractivity contribution < 1.29 is 9.46 Å². The molecule has 1 atom stereocenters. The van der Waals surface area contributed by atoms with Crippen LogP contribution >= 0.6 is 7.52 Å². The van der Waals surface area contributed by atoms with Gasteiger partial charge >= 0.3 is 0 Å². The number of hydrogen-bond donors (Lipinski definition) is 2. The maximum atomic E-state index is 12.0. The minimum atomic E-state index is -3.33. The van der Waals surface area contributed by atoms with Crippen LogP contribution in [0.25, 0.3) is 0 Å². The van der Waals surface area contributed by atoms with E-state index < -0.39 is 7.52 Å². The predicted octanol–water partition coefficient (Wildman–Crippen LogP) is 3.16. The zero-order chi connectivity index (χ0) is 12.8. The second-order valence-corrected chi connectivity index (χ2v) is 6.20. The standard InChI is InChI=1S/C14H16NO2P/c16-18(17,12-14-9-5-2-6-10-14)15-11-13-7-3-1-4-8-13/h1-10H,11-12H2,(H2,15,16,17). The molecule has 2 aromatic carbocycles. The van der Waals surface area contributed by atoms with E-state index >= 15 is 0 Å². The molecule has 2 aromatic rings. The quantitative estimate of drug-likeness (QED) is 0.813. The highest BCUT2D eigenvalue weighted by Crippen LogP contribution is 2.39. The third-order valence-electron chi connectivity index (χ3n) is 2.61. The molecule has 0 aliphatic carbocycles. The molecule has 4 heteroatoms. The highest BCUT2D eigenvalue weighted by atomic mass is 31.2. The first-order valence-electron chi connectivity index (χ1n) is 5.80. The fourth-order valence-electron chi connectivity index (χ4n) is 1.70. The Morgan fingerprint density at radius 2 is 1.39 bits per heavy atom. The van der Waals surface area contributed by atoms with Gasteiger partial charge in [-0.2, -0.15) is 0 Å². The third kappa shape index (κ3) is 4.11. The van der Waals surface area contributed by atoms with Gasteiger partial charge in [-0.1, -0.05) is 60.7 Å². The van der Waals surface area contributed by atoms with Crippen LogP contribution in [-0.2, 0) is 17.3 Å². The Morgan fingerprint density at radius 3 is 1.94 bits per heavy atom. The molecule has 0 saturated carbocycles. The summed E-state index contributed by atoms with van der Waals surface area (Å²) < 4.78 is 12.0. The van der Waals surface area contributed by atoms with E-state index in [4.69, 9.17) is 0 Å². The van der Waals surface area contributed by atoms with Gasteiger partial charge in [-0.15, -0.1) is 0 Å². The van der Waals surface area contributed by atoms with Crippen molar-refractivity contribution in [2.24, 2.45) is 0 Å². The van der Waals surface area contributed by atoms with Crippen molar-refractivity contribution >= 4 is 7.52 Å². The van der Waals surface area contributed by atoms with Crippen LogP contribution in [0.3, 0.4) is 0 Å². The lowest BCUT2D eigenvalue weighted by Gasteiger charge is -2.13. The van der Waals surface area contributed by atoms with E-state index in [1.807, 2.05) is 60.7 Å². The summed E-state index contributed by atoms with van der Waals surface area (Å²) in [5.41, 5.74) is 1.86. The Kier molecular flexibility index (Phi) is 4.32. The van der Waals surface area contributed by atoms with Crippen LogP contribution in [0.1, 0.15) is 11.1 Å². The average molecular weight is 261 g/mol. The van der Waals surface area contributed by atoms with Gasteiger partial charge in [-0.3, -0.25) is 4.57 Å². The third-order valence-corrected chi connectivity index (χ3v) is 4.06. The Balaban J connectivity index is 1.94. The molecule has 0 amide bonds. The van der Waals surface area contributed by atoms with Gasteiger partial charge in [-0.25, -0.2) is 5.09 Å². The summed E-state index contributed by atoms with van der Waals surface area (Å²) in [6.45, 7) is 0.404. The van der Waals surface area contributed by atoms with Gasteiger partial charge in [0, 0.05) is 6.54 Å². The van der Waals surface area contributed by atoms with E-state index in [1.54, 1.807) is 0 Å². The highest BCUT2D eigenvalue weighted by Gasteiger charge is 2.17. The van der Waals surface area contributed by atoms with Crippen molar-refractivity contribution in [1.29, 1.82) is 0 Å². The van der Waals surface area contributed by atoms with Crippen LogP contribution in [-0.4, -0.2) is 4.89 Å². The van der Waals surface area contributed by atoms with E-state index in [1.165, 1.54) is 0 Å². The monoisotopic (exact) mass is 261 g/mol. The topological polar surface area (TPSA) is 49.3 Å². The maximum absolute atomic E-state index is 12.0. The molecule has 94 valence electrons. The Bertz CT molecular complexity index is 528. The van der Waals surface area contributed by atoms with E-state index in [0.29, 0.717) is 6.54 Å². The minimum Gasteiger partial charge on any atom is -0.333 e. The smallest absolute Gasteiger partial charge is 0.271 e. The van der Waals surface area contributed by atoms with Gasteiger partial charge in [0.1, 0.15) is 0 Å². The van der Waals surface area contributed by atoms with E-state index in [9.17, 15) is 9.46 Å². The number of benzene rings is 2. The van der Waals surface area contributed by atoms with Crippen molar-refractivity contribution in [2.75, 3.05) is 0 Å². The molecule has 3 nitrogen and oxygen atoms in total. The zero-order valence-electron chi connectivity index (χ0n) is 9.99. The average Bonchev–Trinajstić information content (AvgIpc) is 2.38. The molecular weight excluding hydrogens is 245 g/mol. The van der Waals surface area contributed by atoms with Crippen LogP contribution in [0.5, 0.6) is 0 Å². The fourth-order valence-corrected chi connectivity index (χ4v) is 2.94. The molecular formula is C14H16NO2P. The molecule has 2 rings (SSSR count). The summed E-state index contributed by atoms with van der Waals surface area (Å²) in [6, 6.07) is 18.9. The number of hydrogen-bond acceptors (Lipinski definition) is 1. The van der Waals surface area contributed by atoms with Crippen LogP contribution in [0, 0.1) is 0 Å². The van der Waals surface area contributed by atoms with Crippen molar-refractivity contribution in [1.82, 2.24) is 5.09 Å². The van der Waals surface area contributed by atoms with E-state index in [0.717, 1.165) is 11.1 Å². The molecule has 0 aliphatic rings. The maximum Gasteiger partial charge on any atom is 0.271 e. The number of rotatable bonds is 5. The Hall–Kier alpha value is -1.41. The van der Waals surface area contributed by atoms with Crippen molar-refractivity contribution in [2.45, 2.75) is 12.7 Å². The van der Waals surface area contributed by atoms with Crippen LogP contribution in [0.4, 0.5) is 0 Å². The second-order valence-electron chi connectivity index (χ2n) is 4.17. The second kappa shape index (κ2) is 5.96. The molecule has 1 unspecified atom stereocenters. The molecule has 0 spiro atoms. The summed E-state index contributed by atoms with van der Waals surface area (Å²) in [4.78, 5) is 9.87. The van der Waals surface area contributed by atoms with Gasteiger partial charge < -0.3 is 4.89 Å². The molecule has 0 radical (unpaired) electrons. The summed E-state index contributed by atoms with van der Waals surface area (Å²) in [5, 5.41) is 2.73. The SMILES string of the molecule is O=P(O)(Cc1ccccc1)NCc1ccccc1. The van der Waals surface area contributed by atoms with Crippen molar-refractivity contribution in [3.8, 4) is 0 Å². The molecule has 2 N–H and O–H groups in total. The summed E-state index contributed by atoms with van der Waals surface area (Å²) in [5.74, 6) is 0.